The second-order valence-corrected chi connectivity index (χ2v) is 7.03. The lowest BCUT2D eigenvalue weighted by Gasteiger charge is -2.40. The van der Waals surface area contributed by atoms with Gasteiger partial charge in [0.2, 0.25) is 5.91 Å². The van der Waals surface area contributed by atoms with Crippen molar-refractivity contribution in [3.63, 3.8) is 0 Å². The number of piperazine rings is 1. The Morgan fingerprint density at radius 1 is 1.40 bits per heavy atom. The molecule has 1 N–H and O–H groups in total. The summed E-state index contributed by atoms with van der Waals surface area (Å²) in [5.41, 5.74) is -0.591. The van der Waals surface area contributed by atoms with Gasteiger partial charge in [-0.1, -0.05) is 15.9 Å². The summed E-state index contributed by atoms with van der Waals surface area (Å²) < 4.78 is 1.54. The Morgan fingerprint density at radius 2 is 2.05 bits per heavy atom. The SMILES string of the molecule is CC1(C)C(=O)NC(=O)CN1C(=O)c1cc(Br)ccc1I. The van der Waals surface area contributed by atoms with Gasteiger partial charge in [-0.05, 0) is 54.6 Å². The Labute approximate surface area is 138 Å². The van der Waals surface area contributed by atoms with E-state index in [9.17, 15) is 14.4 Å². The number of amides is 3. The van der Waals surface area contributed by atoms with E-state index in [2.05, 4.69) is 43.8 Å². The van der Waals surface area contributed by atoms with Crippen LogP contribution >= 0.6 is 38.5 Å². The van der Waals surface area contributed by atoms with Gasteiger partial charge in [0, 0.05) is 8.04 Å². The number of halogens is 2. The zero-order valence-electron chi connectivity index (χ0n) is 10.9. The van der Waals surface area contributed by atoms with E-state index in [1.807, 2.05) is 6.07 Å². The van der Waals surface area contributed by atoms with Crippen molar-refractivity contribution in [2.24, 2.45) is 0 Å². The number of carbonyl (C=O) groups is 3. The minimum atomic E-state index is -1.06. The highest BCUT2D eigenvalue weighted by atomic mass is 127. The van der Waals surface area contributed by atoms with Crippen molar-refractivity contribution in [1.82, 2.24) is 10.2 Å². The van der Waals surface area contributed by atoms with Crippen molar-refractivity contribution < 1.29 is 14.4 Å². The van der Waals surface area contributed by atoms with Crippen LogP contribution in [0.5, 0.6) is 0 Å². The average molecular weight is 451 g/mol. The van der Waals surface area contributed by atoms with Gasteiger partial charge in [-0.15, -0.1) is 0 Å². The quantitative estimate of drug-likeness (QED) is 0.525. The maximum atomic E-state index is 12.6. The Hall–Kier alpha value is -0.960. The third-order valence-corrected chi connectivity index (χ3v) is 4.62. The van der Waals surface area contributed by atoms with Gasteiger partial charge in [-0.25, -0.2) is 0 Å². The lowest BCUT2D eigenvalue weighted by molar-refractivity contribution is -0.143. The molecule has 5 nitrogen and oxygen atoms in total. The third kappa shape index (κ3) is 2.73. The number of nitrogens with one attached hydrogen (secondary N) is 1. The van der Waals surface area contributed by atoms with Gasteiger partial charge in [-0.2, -0.15) is 0 Å². The Morgan fingerprint density at radius 3 is 2.70 bits per heavy atom. The fraction of sp³-hybridized carbons (Fsp3) is 0.308. The van der Waals surface area contributed by atoms with Crippen molar-refractivity contribution in [2.45, 2.75) is 19.4 Å². The summed E-state index contributed by atoms with van der Waals surface area (Å²) in [6.07, 6.45) is 0. The standard InChI is InChI=1S/C13H12BrIN2O3/c1-13(2)12(20)16-10(18)6-17(13)11(19)8-5-7(14)3-4-9(8)15/h3-5H,6H2,1-2H3,(H,16,18,20). The molecule has 1 saturated heterocycles. The van der Waals surface area contributed by atoms with Gasteiger partial charge in [-0.3, -0.25) is 19.7 Å². The first-order valence-electron chi connectivity index (χ1n) is 5.85. The Bertz CT molecular complexity index is 616. The van der Waals surface area contributed by atoms with Crippen LogP contribution in [0.25, 0.3) is 0 Å². The molecular weight excluding hydrogens is 439 g/mol. The molecule has 0 aliphatic carbocycles. The number of benzene rings is 1. The number of hydrogen-bond donors (Lipinski definition) is 1. The van der Waals surface area contributed by atoms with E-state index in [1.54, 1.807) is 26.0 Å². The molecular formula is C13H12BrIN2O3. The Balaban J connectivity index is 2.43. The van der Waals surface area contributed by atoms with Gasteiger partial charge in [0.15, 0.2) is 0 Å². The largest absolute Gasteiger partial charge is 0.315 e. The topological polar surface area (TPSA) is 66.5 Å². The molecule has 20 heavy (non-hydrogen) atoms. The van der Waals surface area contributed by atoms with E-state index in [1.165, 1.54) is 4.90 Å². The molecule has 1 aliphatic heterocycles. The van der Waals surface area contributed by atoms with E-state index in [-0.39, 0.29) is 12.5 Å². The summed E-state index contributed by atoms with van der Waals surface area (Å²) in [5, 5.41) is 2.25. The number of nitrogens with zero attached hydrogens (tertiary/aromatic N) is 1. The predicted octanol–water partition coefficient (Wildman–Crippen LogP) is 1.93. The van der Waals surface area contributed by atoms with Crippen molar-refractivity contribution >= 4 is 56.2 Å². The molecule has 1 heterocycles. The predicted molar refractivity (Wildman–Crippen MR) is 85.1 cm³/mol. The molecule has 0 aromatic heterocycles. The van der Waals surface area contributed by atoms with Crippen LogP contribution in [-0.2, 0) is 9.59 Å². The van der Waals surface area contributed by atoms with E-state index in [0.29, 0.717) is 5.56 Å². The second-order valence-electron chi connectivity index (χ2n) is 4.95. The lowest BCUT2D eigenvalue weighted by atomic mass is 9.97. The van der Waals surface area contributed by atoms with Gasteiger partial charge in [0.05, 0.1) is 5.56 Å². The summed E-state index contributed by atoms with van der Waals surface area (Å²) in [6, 6.07) is 5.33. The minimum absolute atomic E-state index is 0.125. The second kappa shape index (κ2) is 5.44. The van der Waals surface area contributed by atoms with Gasteiger partial charge < -0.3 is 4.90 Å². The van der Waals surface area contributed by atoms with Crippen LogP contribution in [0.4, 0.5) is 0 Å². The molecule has 106 valence electrons. The molecule has 1 aromatic rings. The molecule has 0 atom stereocenters. The van der Waals surface area contributed by atoms with Crippen molar-refractivity contribution in [1.29, 1.82) is 0 Å². The molecule has 7 heteroatoms. The highest BCUT2D eigenvalue weighted by Crippen LogP contribution is 2.25. The van der Waals surface area contributed by atoms with Crippen LogP contribution in [0, 0.1) is 3.57 Å². The molecule has 1 fully saturated rings. The first-order chi connectivity index (χ1) is 9.23. The van der Waals surface area contributed by atoms with Crippen LogP contribution in [0.2, 0.25) is 0 Å². The highest BCUT2D eigenvalue weighted by Gasteiger charge is 2.44. The molecule has 0 unspecified atom stereocenters. The molecule has 0 spiro atoms. The number of carbonyl (C=O) groups excluding carboxylic acids is 3. The molecule has 0 radical (unpaired) electrons. The smallest absolute Gasteiger partial charge is 0.256 e. The average Bonchev–Trinajstić information content (AvgIpc) is 2.36. The minimum Gasteiger partial charge on any atom is -0.315 e. The molecule has 0 saturated carbocycles. The summed E-state index contributed by atoms with van der Waals surface area (Å²) in [4.78, 5) is 37.4. The third-order valence-electron chi connectivity index (χ3n) is 3.19. The van der Waals surface area contributed by atoms with Crippen molar-refractivity contribution in [3.8, 4) is 0 Å². The van der Waals surface area contributed by atoms with E-state index < -0.39 is 17.4 Å². The van der Waals surface area contributed by atoms with Crippen LogP contribution in [-0.4, -0.2) is 34.7 Å². The van der Waals surface area contributed by atoms with Gasteiger partial charge in [0.25, 0.3) is 11.8 Å². The van der Waals surface area contributed by atoms with Crippen molar-refractivity contribution in [3.05, 3.63) is 31.8 Å². The molecule has 1 aliphatic rings. The first-order valence-corrected chi connectivity index (χ1v) is 7.72. The fourth-order valence-corrected chi connectivity index (χ4v) is 2.84. The maximum absolute atomic E-state index is 12.6. The summed E-state index contributed by atoms with van der Waals surface area (Å²) in [7, 11) is 0. The van der Waals surface area contributed by atoms with Crippen LogP contribution < -0.4 is 5.32 Å². The zero-order chi connectivity index (χ0) is 15.1. The summed E-state index contributed by atoms with van der Waals surface area (Å²) in [5.74, 6) is -1.26. The maximum Gasteiger partial charge on any atom is 0.256 e. The molecule has 2 rings (SSSR count). The highest BCUT2D eigenvalue weighted by molar-refractivity contribution is 14.1. The summed E-state index contributed by atoms with van der Waals surface area (Å²) >= 11 is 5.38. The molecule has 0 bridgehead atoms. The van der Waals surface area contributed by atoms with Gasteiger partial charge in [0.1, 0.15) is 12.1 Å². The Kier molecular flexibility index (Phi) is 4.19. The van der Waals surface area contributed by atoms with E-state index in [0.717, 1.165) is 8.04 Å². The van der Waals surface area contributed by atoms with Crippen LogP contribution in [0.1, 0.15) is 24.2 Å². The van der Waals surface area contributed by atoms with E-state index in [4.69, 9.17) is 0 Å². The fourth-order valence-electron chi connectivity index (χ4n) is 1.92. The van der Waals surface area contributed by atoms with E-state index >= 15 is 0 Å². The van der Waals surface area contributed by atoms with Gasteiger partial charge >= 0.3 is 0 Å². The van der Waals surface area contributed by atoms with Crippen molar-refractivity contribution in [2.75, 3.05) is 6.54 Å². The zero-order valence-corrected chi connectivity index (χ0v) is 14.6. The first kappa shape index (κ1) is 15.4. The van der Waals surface area contributed by atoms with Crippen LogP contribution in [0.3, 0.4) is 0 Å². The molecule has 1 aromatic carbocycles. The summed E-state index contributed by atoms with van der Waals surface area (Å²) in [6.45, 7) is 3.12. The normalized spacial score (nSPS) is 17.9. The number of rotatable bonds is 1. The number of imide groups is 1. The lowest BCUT2D eigenvalue weighted by Crippen LogP contribution is -2.65. The number of hydrogen-bond acceptors (Lipinski definition) is 3. The van der Waals surface area contributed by atoms with Crippen LogP contribution in [0.15, 0.2) is 22.7 Å². The monoisotopic (exact) mass is 450 g/mol. The molecule has 3 amide bonds.